The van der Waals surface area contributed by atoms with Crippen molar-refractivity contribution in [2.45, 2.75) is 25.3 Å². The molecule has 0 aromatic heterocycles. The van der Waals surface area contributed by atoms with Crippen molar-refractivity contribution in [2.24, 2.45) is 0 Å². The van der Waals surface area contributed by atoms with Gasteiger partial charge in [0.1, 0.15) is 5.75 Å². The lowest BCUT2D eigenvalue weighted by molar-refractivity contribution is 0.0951. The van der Waals surface area contributed by atoms with E-state index in [0.29, 0.717) is 23.9 Å². The van der Waals surface area contributed by atoms with Crippen LogP contribution in [0.25, 0.3) is 0 Å². The van der Waals surface area contributed by atoms with E-state index in [1.807, 2.05) is 12.1 Å². The first-order valence-corrected chi connectivity index (χ1v) is 7.35. The first-order chi connectivity index (χ1) is 9.20. The maximum atomic E-state index is 12.1. The molecule has 6 heteroatoms. The van der Waals surface area contributed by atoms with Crippen molar-refractivity contribution in [3.63, 3.8) is 0 Å². The minimum atomic E-state index is -0.0660. The summed E-state index contributed by atoms with van der Waals surface area (Å²) in [4.78, 5) is 12.1. The second-order valence-corrected chi connectivity index (χ2v) is 5.54. The fraction of sp³-hybridized carbons (Fsp3) is 0.500. The third-order valence-corrected chi connectivity index (χ3v) is 4.05. The van der Waals surface area contributed by atoms with Gasteiger partial charge in [-0.3, -0.25) is 4.79 Å². The summed E-state index contributed by atoms with van der Waals surface area (Å²) in [6.07, 6.45) is 3.42. The van der Waals surface area contributed by atoms with Crippen LogP contribution in [0.3, 0.4) is 0 Å². The Morgan fingerprint density at radius 3 is 3.00 bits per heavy atom. The van der Waals surface area contributed by atoms with Crippen molar-refractivity contribution >= 4 is 34.2 Å². The highest BCUT2D eigenvalue weighted by molar-refractivity contribution is 9.10. The highest BCUT2D eigenvalue weighted by Crippen LogP contribution is 2.22. The average molecular weight is 364 g/mol. The molecule has 2 N–H and O–H groups in total. The smallest absolute Gasteiger partial charge is 0.252 e. The predicted molar refractivity (Wildman–Crippen MR) is 85.9 cm³/mol. The summed E-state index contributed by atoms with van der Waals surface area (Å²) in [7, 11) is 1.59. The minimum absolute atomic E-state index is 0. The molecule has 0 aliphatic carbocycles. The minimum Gasteiger partial charge on any atom is -0.497 e. The molecule has 20 heavy (non-hydrogen) atoms. The van der Waals surface area contributed by atoms with Gasteiger partial charge in [-0.15, -0.1) is 12.4 Å². The van der Waals surface area contributed by atoms with E-state index in [2.05, 4.69) is 26.6 Å². The van der Waals surface area contributed by atoms with Crippen molar-refractivity contribution in [1.82, 2.24) is 10.6 Å². The van der Waals surface area contributed by atoms with Gasteiger partial charge >= 0.3 is 0 Å². The second-order valence-electron chi connectivity index (χ2n) is 4.68. The molecule has 1 fully saturated rings. The van der Waals surface area contributed by atoms with E-state index >= 15 is 0 Å². The Bertz CT molecular complexity index is 451. The summed E-state index contributed by atoms with van der Waals surface area (Å²) in [5, 5.41) is 6.37. The van der Waals surface area contributed by atoms with E-state index < -0.39 is 0 Å². The Morgan fingerprint density at radius 1 is 1.55 bits per heavy atom. The largest absolute Gasteiger partial charge is 0.497 e. The second kappa shape index (κ2) is 8.49. The molecule has 4 nitrogen and oxygen atoms in total. The number of hydrogen-bond acceptors (Lipinski definition) is 3. The number of nitrogens with one attached hydrogen (secondary N) is 2. The molecule has 1 aromatic carbocycles. The van der Waals surface area contributed by atoms with Gasteiger partial charge in [-0.25, -0.2) is 0 Å². The van der Waals surface area contributed by atoms with E-state index in [4.69, 9.17) is 4.74 Å². The molecule has 1 amide bonds. The number of carbonyl (C=O) groups excluding carboxylic acids is 1. The zero-order chi connectivity index (χ0) is 13.7. The van der Waals surface area contributed by atoms with Gasteiger partial charge in [-0.05, 0) is 59.9 Å². The number of rotatable bonds is 5. The van der Waals surface area contributed by atoms with Gasteiger partial charge in [0, 0.05) is 17.1 Å². The van der Waals surface area contributed by atoms with E-state index in [9.17, 15) is 4.79 Å². The van der Waals surface area contributed by atoms with Gasteiger partial charge < -0.3 is 15.4 Å². The van der Waals surface area contributed by atoms with Crippen LogP contribution >= 0.6 is 28.3 Å². The van der Waals surface area contributed by atoms with E-state index in [1.165, 1.54) is 12.8 Å². The number of halogens is 2. The van der Waals surface area contributed by atoms with Gasteiger partial charge in [0.15, 0.2) is 0 Å². The Balaban J connectivity index is 0.00000200. The van der Waals surface area contributed by atoms with E-state index in [1.54, 1.807) is 13.2 Å². The molecular formula is C14H20BrClN2O2. The topological polar surface area (TPSA) is 50.4 Å². The summed E-state index contributed by atoms with van der Waals surface area (Å²) < 4.78 is 5.92. The number of carbonyl (C=O) groups is 1. The lowest BCUT2D eigenvalue weighted by atomic mass is 10.1. The summed E-state index contributed by atoms with van der Waals surface area (Å²) in [5.74, 6) is 0.620. The third-order valence-electron chi connectivity index (χ3n) is 3.36. The molecule has 1 aliphatic rings. The molecule has 1 heterocycles. The Labute approximate surface area is 134 Å². The molecule has 1 saturated heterocycles. The van der Waals surface area contributed by atoms with Gasteiger partial charge in [-0.1, -0.05) is 0 Å². The van der Waals surface area contributed by atoms with Crippen LogP contribution in [0.15, 0.2) is 22.7 Å². The number of hydrogen-bond donors (Lipinski definition) is 2. The lowest BCUT2D eigenvalue weighted by Crippen LogP contribution is -2.30. The van der Waals surface area contributed by atoms with Crippen LogP contribution in [0.4, 0.5) is 0 Å². The average Bonchev–Trinajstić information content (AvgIpc) is 2.92. The first kappa shape index (κ1) is 17.3. The molecule has 1 aliphatic heterocycles. The first-order valence-electron chi connectivity index (χ1n) is 6.56. The quantitative estimate of drug-likeness (QED) is 0.846. The molecule has 2 rings (SSSR count). The van der Waals surface area contributed by atoms with Crippen molar-refractivity contribution in [2.75, 3.05) is 20.2 Å². The van der Waals surface area contributed by atoms with Crippen LogP contribution in [-0.2, 0) is 0 Å². The summed E-state index contributed by atoms with van der Waals surface area (Å²) in [6.45, 7) is 1.79. The monoisotopic (exact) mass is 362 g/mol. The molecule has 0 bridgehead atoms. The van der Waals surface area contributed by atoms with Crippen LogP contribution in [0.1, 0.15) is 29.6 Å². The van der Waals surface area contributed by atoms with Crippen molar-refractivity contribution in [3.8, 4) is 5.75 Å². The van der Waals surface area contributed by atoms with E-state index in [-0.39, 0.29) is 18.3 Å². The molecular weight excluding hydrogens is 344 g/mol. The number of ether oxygens (including phenoxy) is 1. The lowest BCUT2D eigenvalue weighted by Gasteiger charge is -2.12. The fourth-order valence-corrected chi connectivity index (χ4v) is 2.69. The van der Waals surface area contributed by atoms with Crippen LogP contribution in [0, 0.1) is 0 Å². The van der Waals surface area contributed by atoms with Crippen molar-refractivity contribution in [3.05, 3.63) is 28.2 Å². The number of benzene rings is 1. The van der Waals surface area contributed by atoms with Gasteiger partial charge in [-0.2, -0.15) is 0 Å². The Kier molecular flexibility index (Phi) is 7.34. The van der Waals surface area contributed by atoms with E-state index in [0.717, 1.165) is 17.4 Å². The molecule has 0 radical (unpaired) electrons. The molecule has 112 valence electrons. The summed E-state index contributed by atoms with van der Waals surface area (Å²) >= 11 is 3.39. The highest BCUT2D eigenvalue weighted by Gasteiger charge is 2.15. The van der Waals surface area contributed by atoms with Crippen LogP contribution in [0.2, 0.25) is 0 Å². The maximum absolute atomic E-state index is 12.1. The molecule has 1 aromatic rings. The zero-order valence-corrected chi connectivity index (χ0v) is 13.9. The Hall–Kier alpha value is -0.780. The van der Waals surface area contributed by atoms with Gasteiger partial charge in [0.25, 0.3) is 5.91 Å². The fourth-order valence-electron chi connectivity index (χ4n) is 2.26. The normalized spacial score (nSPS) is 17.4. The summed E-state index contributed by atoms with van der Waals surface area (Å²) in [5.41, 5.74) is 0.610. The van der Waals surface area contributed by atoms with Crippen LogP contribution < -0.4 is 15.4 Å². The highest BCUT2D eigenvalue weighted by atomic mass is 79.9. The van der Waals surface area contributed by atoms with Crippen LogP contribution in [-0.4, -0.2) is 32.1 Å². The zero-order valence-electron chi connectivity index (χ0n) is 11.4. The molecule has 0 saturated carbocycles. The van der Waals surface area contributed by atoms with Crippen molar-refractivity contribution in [1.29, 1.82) is 0 Å². The maximum Gasteiger partial charge on any atom is 0.252 e. The molecule has 0 spiro atoms. The predicted octanol–water partition coefficient (Wildman–Crippen LogP) is 2.75. The van der Waals surface area contributed by atoms with Gasteiger partial charge in [0.05, 0.1) is 12.7 Å². The Morgan fingerprint density at radius 2 is 2.35 bits per heavy atom. The summed E-state index contributed by atoms with van der Waals surface area (Å²) in [6, 6.07) is 5.94. The third kappa shape index (κ3) is 4.65. The number of amides is 1. The molecule has 1 atom stereocenters. The van der Waals surface area contributed by atoms with Crippen LogP contribution in [0.5, 0.6) is 5.75 Å². The number of methoxy groups -OCH3 is 1. The van der Waals surface area contributed by atoms with Gasteiger partial charge in [0.2, 0.25) is 0 Å². The standard InChI is InChI=1S/C14H19BrN2O2.ClH/c1-19-11-4-5-13(15)12(9-11)14(18)17-8-6-10-3-2-7-16-10;/h4-5,9-10,16H,2-3,6-8H2,1H3,(H,17,18);1H/t10-;/m1./s1. The molecule has 0 unspecified atom stereocenters. The SMILES string of the molecule is COc1ccc(Br)c(C(=O)NCC[C@H]2CCCN2)c1.Cl. The van der Waals surface area contributed by atoms with Crippen molar-refractivity contribution < 1.29 is 9.53 Å².